The predicted octanol–water partition coefficient (Wildman–Crippen LogP) is 1.61. The average Bonchev–Trinajstić information content (AvgIpc) is 2.89. The van der Waals surface area contributed by atoms with E-state index in [4.69, 9.17) is 5.73 Å². The molecule has 0 saturated carbocycles. The van der Waals surface area contributed by atoms with Gasteiger partial charge < -0.3 is 5.73 Å². The smallest absolute Gasteiger partial charge is 0.181 e. The first-order valence-corrected chi connectivity index (χ1v) is 5.80. The summed E-state index contributed by atoms with van der Waals surface area (Å²) in [7, 11) is 0. The molecule has 2 aromatic heterocycles. The van der Waals surface area contributed by atoms with Gasteiger partial charge in [-0.15, -0.1) is 10.2 Å². The van der Waals surface area contributed by atoms with E-state index < -0.39 is 0 Å². The number of aromatic nitrogens is 5. The van der Waals surface area contributed by atoms with Crippen molar-refractivity contribution in [3.05, 3.63) is 48.4 Å². The van der Waals surface area contributed by atoms with Gasteiger partial charge in [-0.3, -0.25) is 0 Å². The summed E-state index contributed by atoms with van der Waals surface area (Å²) < 4.78 is 1.60. The highest BCUT2D eigenvalue weighted by Gasteiger charge is 2.06. The number of hydrogen-bond donors (Lipinski definition) is 1. The summed E-state index contributed by atoms with van der Waals surface area (Å²) in [6.45, 7) is 1.95. The second-order valence-electron chi connectivity index (χ2n) is 4.23. The molecule has 0 aliphatic rings. The monoisotopic (exact) mass is 252 g/mol. The Labute approximate surface area is 109 Å². The topological polar surface area (TPSA) is 82.5 Å². The molecule has 2 heterocycles. The van der Waals surface area contributed by atoms with Crippen molar-refractivity contribution in [2.45, 2.75) is 6.92 Å². The van der Waals surface area contributed by atoms with Crippen LogP contribution in [0.2, 0.25) is 0 Å². The van der Waals surface area contributed by atoms with Gasteiger partial charge in [0.15, 0.2) is 11.6 Å². The number of aryl methyl sites for hydroxylation is 1. The van der Waals surface area contributed by atoms with Gasteiger partial charge in [-0.25, -0.2) is 9.67 Å². The molecule has 19 heavy (non-hydrogen) atoms. The number of benzene rings is 1. The molecule has 0 unspecified atom stereocenters. The lowest BCUT2D eigenvalue weighted by Crippen LogP contribution is -2.00. The van der Waals surface area contributed by atoms with Gasteiger partial charge in [0.05, 0.1) is 6.20 Å². The normalized spacial score (nSPS) is 10.6. The number of hydrogen-bond acceptors (Lipinski definition) is 5. The Kier molecular flexibility index (Phi) is 2.68. The van der Waals surface area contributed by atoms with Gasteiger partial charge in [-0.05, 0) is 42.8 Å². The Hall–Kier alpha value is -2.76. The Bertz CT molecular complexity index is 701. The average molecular weight is 252 g/mol. The zero-order valence-electron chi connectivity index (χ0n) is 10.4. The standard InChI is InChI=1S/C13H12N6/c1-9-6-12(17-16-7-9)19-8-15-13(18-19)10-2-4-11(14)5-3-10/h2-8H,14H2,1H3. The molecule has 6 heteroatoms. The fraction of sp³-hybridized carbons (Fsp3) is 0.0769. The van der Waals surface area contributed by atoms with Gasteiger partial charge in [0, 0.05) is 11.3 Å². The van der Waals surface area contributed by atoms with Crippen LogP contribution in [0.25, 0.3) is 17.2 Å². The van der Waals surface area contributed by atoms with E-state index in [-0.39, 0.29) is 0 Å². The lowest BCUT2D eigenvalue weighted by atomic mass is 10.2. The van der Waals surface area contributed by atoms with Gasteiger partial charge in [-0.1, -0.05) is 0 Å². The first-order valence-electron chi connectivity index (χ1n) is 5.80. The third-order valence-corrected chi connectivity index (χ3v) is 2.67. The summed E-state index contributed by atoms with van der Waals surface area (Å²) >= 11 is 0. The van der Waals surface area contributed by atoms with Crippen LogP contribution >= 0.6 is 0 Å². The van der Waals surface area contributed by atoms with Crippen molar-refractivity contribution in [2.24, 2.45) is 0 Å². The van der Waals surface area contributed by atoms with Crippen LogP contribution in [0, 0.1) is 6.92 Å². The molecule has 0 saturated heterocycles. The SMILES string of the molecule is Cc1cnnc(-n2cnc(-c3ccc(N)cc3)n2)c1. The Morgan fingerprint density at radius 1 is 1.16 bits per heavy atom. The van der Waals surface area contributed by atoms with E-state index in [1.54, 1.807) is 17.2 Å². The number of rotatable bonds is 2. The van der Waals surface area contributed by atoms with Crippen LogP contribution in [0.5, 0.6) is 0 Å². The largest absolute Gasteiger partial charge is 0.399 e. The molecule has 0 fully saturated rings. The molecule has 1 aromatic carbocycles. The zero-order chi connectivity index (χ0) is 13.2. The molecule has 6 nitrogen and oxygen atoms in total. The van der Waals surface area contributed by atoms with Crippen molar-refractivity contribution in [2.75, 3.05) is 5.73 Å². The summed E-state index contributed by atoms with van der Waals surface area (Å²) in [6.07, 6.45) is 3.32. The Balaban J connectivity index is 1.97. The molecule has 3 rings (SSSR count). The van der Waals surface area contributed by atoms with Crippen LogP contribution < -0.4 is 5.73 Å². The summed E-state index contributed by atoms with van der Waals surface area (Å²) in [6, 6.07) is 9.31. The second kappa shape index (κ2) is 4.49. The first kappa shape index (κ1) is 11.3. The number of nitrogens with two attached hydrogens (primary N) is 1. The number of nitrogens with zero attached hydrogens (tertiary/aromatic N) is 5. The predicted molar refractivity (Wildman–Crippen MR) is 71.5 cm³/mol. The minimum atomic E-state index is 0.628. The molecule has 0 aliphatic heterocycles. The molecule has 94 valence electrons. The molecule has 2 N–H and O–H groups in total. The third-order valence-electron chi connectivity index (χ3n) is 2.67. The molecule has 0 radical (unpaired) electrons. The van der Waals surface area contributed by atoms with E-state index in [2.05, 4.69) is 20.3 Å². The van der Waals surface area contributed by atoms with Gasteiger partial charge in [0.1, 0.15) is 6.33 Å². The number of anilines is 1. The van der Waals surface area contributed by atoms with Crippen LogP contribution in [-0.2, 0) is 0 Å². The Morgan fingerprint density at radius 2 is 1.95 bits per heavy atom. The first-order chi connectivity index (χ1) is 9.22. The maximum atomic E-state index is 5.65. The van der Waals surface area contributed by atoms with Crippen LogP contribution in [-0.4, -0.2) is 25.0 Å². The highest BCUT2D eigenvalue weighted by Crippen LogP contribution is 2.16. The van der Waals surface area contributed by atoms with Crippen LogP contribution in [0.3, 0.4) is 0 Å². The molecular formula is C13H12N6. The van der Waals surface area contributed by atoms with E-state index in [9.17, 15) is 0 Å². The van der Waals surface area contributed by atoms with Gasteiger partial charge in [0.2, 0.25) is 0 Å². The zero-order valence-corrected chi connectivity index (χ0v) is 10.4. The van der Waals surface area contributed by atoms with Crippen molar-refractivity contribution in [3.63, 3.8) is 0 Å². The van der Waals surface area contributed by atoms with Crippen LogP contribution in [0.1, 0.15) is 5.56 Å². The maximum absolute atomic E-state index is 5.65. The van der Waals surface area contributed by atoms with Crippen LogP contribution in [0.15, 0.2) is 42.9 Å². The minimum Gasteiger partial charge on any atom is -0.399 e. The van der Waals surface area contributed by atoms with E-state index in [1.807, 2.05) is 37.3 Å². The van der Waals surface area contributed by atoms with E-state index in [0.717, 1.165) is 11.1 Å². The fourth-order valence-corrected chi connectivity index (χ4v) is 1.70. The summed E-state index contributed by atoms with van der Waals surface area (Å²) in [4.78, 5) is 4.27. The summed E-state index contributed by atoms with van der Waals surface area (Å²) in [5, 5.41) is 12.3. The van der Waals surface area contributed by atoms with Crippen LogP contribution in [0.4, 0.5) is 5.69 Å². The minimum absolute atomic E-state index is 0.628. The highest BCUT2D eigenvalue weighted by molar-refractivity contribution is 5.58. The lowest BCUT2D eigenvalue weighted by Gasteiger charge is -1.99. The van der Waals surface area contributed by atoms with Crippen molar-refractivity contribution in [1.29, 1.82) is 0 Å². The van der Waals surface area contributed by atoms with Crippen molar-refractivity contribution in [1.82, 2.24) is 25.0 Å². The molecule has 3 aromatic rings. The van der Waals surface area contributed by atoms with Gasteiger partial charge in [0.25, 0.3) is 0 Å². The quantitative estimate of drug-likeness (QED) is 0.701. The summed E-state index contributed by atoms with van der Waals surface area (Å²) in [5.41, 5.74) is 8.30. The van der Waals surface area contributed by atoms with Crippen molar-refractivity contribution < 1.29 is 0 Å². The fourth-order valence-electron chi connectivity index (χ4n) is 1.70. The Morgan fingerprint density at radius 3 is 2.68 bits per heavy atom. The highest BCUT2D eigenvalue weighted by atomic mass is 15.4. The molecule has 0 bridgehead atoms. The third kappa shape index (κ3) is 2.28. The molecule has 0 amide bonds. The molecule has 0 spiro atoms. The van der Waals surface area contributed by atoms with E-state index in [0.29, 0.717) is 17.3 Å². The summed E-state index contributed by atoms with van der Waals surface area (Å²) in [5.74, 6) is 1.28. The molecule has 0 aliphatic carbocycles. The molecule has 0 atom stereocenters. The van der Waals surface area contributed by atoms with Crippen molar-refractivity contribution >= 4 is 5.69 Å². The second-order valence-corrected chi connectivity index (χ2v) is 4.23. The van der Waals surface area contributed by atoms with E-state index in [1.165, 1.54) is 0 Å². The van der Waals surface area contributed by atoms with Gasteiger partial charge >= 0.3 is 0 Å². The van der Waals surface area contributed by atoms with E-state index >= 15 is 0 Å². The van der Waals surface area contributed by atoms with Crippen molar-refractivity contribution in [3.8, 4) is 17.2 Å². The van der Waals surface area contributed by atoms with Gasteiger partial charge in [-0.2, -0.15) is 5.10 Å². The molecular weight excluding hydrogens is 240 g/mol. The lowest BCUT2D eigenvalue weighted by molar-refractivity contribution is 0.811. The maximum Gasteiger partial charge on any atom is 0.181 e. The number of nitrogen functional groups attached to an aromatic ring is 1.